The lowest BCUT2D eigenvalue weighted by atomic mass is 10.0. The van der Waals surface area contributed by atoms with Crippen LogP contribution < -0.4 is 11.1 Å². The molecule has 0 radical (unpaired) electrons. The third kappa shape index (κ3) is 3.93. The number of nitrogens with two attached hydrogens (primary N) is 1. The fraction of sp³-hybridized carbons (Fsp3) is 0.235. The first-order valence-corrected chi connectivity index (χ1v) is 6.81. The van der Waals surface area contributed by atoms with Crippen LogP contribution in [-0.4, -0.2) is 11.9 Å². The van der Waals surface area contributed by atoms with Crippen molar-refractivity contribution >= 4 is 5.91 Å². The molecule has 2 atom stereocenters. The summed E-state index contributed by atoms with van der Waals surface area (Å²) >= 11 is 0. The maximum Gasteiger partial charge on any atom is 0.237 e. The minimum absolute atomic E-state index is 0.0366. The van der Waals surface area contributed by atoms with E-state index in [-0.39, 0.29) is 11.9 Å². The summed E-state index contributed by atoms with van der Waals surface area (Å²) in [6, 6.07) is 19.1. The molecule has 20 heavy (non-hydrogen) atoms. The van der Waals surface area contributed by atoms with E-state index in [9.17, 15) is 4.79 Å². The Morgan fingerprint density at radius 3 is 2.20 bits per heavy atom. The number of carbonyl (C=O) groups is 1. The molecule has 2 aromatic rings. The summed E-state index contributed by atoms with van der Waals surface area (Å²) in [4.78, 5) is 12.1. The van der Waals surface area contributed by atoms with Crippen LogP contribution in [0.15, 0.2) is 60.7 Å². The highest BCUT2D eigenvalue weighted by atomic mass is 16.2. The molecule has 2 rings (SSSR count). The molecule has 3 nitrogen and oxygen atoms in total. The van der Waals surface area contributed by atoms with Gasteiger partial charge in [-0.05, 0) is 24.5 Å². The molecule has 0 spiro atoms. The smallest absolute Gasteiger partial charge is 0.237 e. The van der Waals surface area contributed by atoms with Gasteiger partial charge in [-0.25, -0.2) is 0 Å². The third-order valence-electron chi connectivity index (χ3n) is 3.29. The van der Waals surface area contributed by atoms with Crippen LogP contribution in [0.3, 0.4) is 0 Å². The maximum absolute atomic E-state index is 12.1. The molecule has 0 bridgehead atoms. The molecule has 1 amide bonds. The van der Waals surface area contributed by atoms with Crippen LogP contribution in [0.25, 0.3) is 0 Å². The lowest BCUT2D eigenvalue weighted by Crippen LogP contribution is -2.42. The molecular formula is C17H20N2O. The molecular weight excluding hydrogens is 248 g/mol. The van der Waals surface area contributed by atoms with E-state index in [4.69, 9.17) is 5.73 Å². The van der Waals surface area contributed by atoms with E-state index >= 15 is 0 Å². The van der Waals surface area contributed by atoms with Crippen molar-refractivity contribution in [2.45, 2.75) is 25.4 Å². The van der Waals surface area contributed by atoms with Crippen molar-refractivity contribution in [1.29, 1.82) is 0 Å². The lowest BCUT2D eigenvalue weighted by molar-refractivity contribution is -0.123. The Balaban J connectivity index is 1.91. The molecule has 0 aliphatic heterocycles. The lowest BCUT2D eigenvalue weighted by Gasteiger charge is -2.18. The van der Waals surface area contributed by atoms with Crippen LogP contribution in [0, 0.1) is 0 Å². The molecule has 0 aromatic heterocycles. The summed E-state index contributed by atoms with van der Waals surface area (Å²) < 4.78 is 0. The minimum atomic E-state index is -0.524. The van der Waals surface area contributed by atoms with Crippen molar-refractivity contribution in [2.24, 2.45) is 5.73 Å². The molecule has 2 aromatic carbocycles. The summed E-state index contributed by atoms with van der Waals surface area (Å²) in [5.74, 6) is -0.120. The first-order chi connectivity index (χ1) is 9.66. The molecule has 0 heterocycles. The topological polar surface area (TPSA) is 55.1 Å². The monoisotopic (exact) mass is 268 g/mol. The summed E-state index contributed by atoms with van der Waals surface area (Å²) in [6.07, 6.45) is 0.550. The minimum Gasteiger partial charge on any atom is -0.348 e. The average molecular weight is 268 g/mol. The summed E-state index contributed by atoms with van der Waals surface area (Å²) in [7, 11) is 0. The Hall–Kier alpha value is -2.13. The van der Waals surface area contributed by atoms with Gasteiger partial charge < -0.3 is 11.1 Å². The highest BCUT2D eigenvalue weighted by Gasteiger charge is 2.16. The number of benzene rings is 2. The standard InChI is InChI=1S/C17H20N2O/c1-13(15-10-6-3-7-11-15)19-17(20)16(18)12-14-8-4-2-5-9-14/h2-11,13,16H,12,18H2,1H3,(H,19,20)/t13?,16-/m0/s1. The Morgan fingerprint density at radius 2 is 1.60 bits per heavy atom. The number of hydrogen-bond donors (Lipinski definition) is 2. The average Bonchev–Trinajstić information content (AvgIpc) is 2.49. The van der Waals surface area contributed by atoms with Gasteiger partial charge in [0.1, 0.15) is 0 Å². The van der Waals surface area contributed by atoms with Crippen molar-refractivity contribution in [3.05, 3.63) is 71.8 Å². The quantitative estimate of drug-likeness (QED) is 0.875. The fourth-order valence-electron chi connectivity index (χ4n) is 2.11. The molecule has 0 aliphatic carbocycles. The second kappa shape index (κ2) is 6.87. The van der Waals surface area contributed by atoms with Gasteiger partial charge in [-0.15, -0.1) is 0 Å². The van der Waals surface area contributed by atoms with Crippen molar-refractivity contribution < 1.29 is 4.79 Å². The van der Waals surface area contributed by atoms with Crippen molar-refractivity contribution in [1.82, 2.24) is 5.32 Å². The number of amides is 1. The van der Waals surface area contributed by atoms with Gasteiger partial charge in [-0.2, -0.15) is 0 Å². The highest BCUT2D eigenvalue weighted by molar-refractivity contribution is 5.82. The van der Waals surface area contributed by atoms with Gasteiger partial charge in [-0.1, -0.05) is 60.7 Å². The molecule has 3 N–H and O–H groups in total. The number of carbonyl (C=O) groups excluding carboxylic acids is 1. The van der Waals surface area contributed by atoms with Gasteiger partial charge >= 0.3 is 0 Å². The van der Waals surface area contributed by atoms with E-state index < -0.39 is 6.04 Å². The second-order valence-corrected chi connectivity index (χ2v) is 4.94. The normalized spacial score (nSPS) is 13.5. The van der Waals surface area contributed by atoms with Crippen molar-refractivity contribution in [3.8, 4) is 0 Å². The Labute approximate surface area is 119 Å². The van der Waals surface area contributed by atoms with Crippen LogP contribution >= 0.6 is 0 Å². The number of hydrogen-bond acceptors (Lipinski definition) is 2. The molecule has 104 valence electrons. The van der Waals surface area contributed by atoms with E-state index in [1.807, 2.05) is 67.6 Å². The summed E-state index contributed by atoms with van der Waals surface area (Å²) in [6.45, 7) is 1.96. The number of nitrogens with one attached hydrogen (secondary N) is 1. The van der Waals surface area contributed by atoms with Gasteiger partial charge in [0.05, 0.1) is 12.1 Å². The maximum atomic E-state index is 12.1. The molecule has 0 fully saturated rings. The highest BCUT2D eigenvalue weighted by Crippen LogP contribution is 2.11. The van der Waals surface area contributed by atoms with Crippen LogP contribution in [0.4, 0.5) is 0 Å². The predicted molar refractivity (Wildman–Crippen MR) is 81.1 cm³/mol. The SMILES string of the molecule is CC(NC(=O)[C@@H](N)Cc1ccccc1)c1ccccc1. The van der Waals surface area contributed by atoms with E-state index in [1.54, 1.807) is 0 Å². The summed E-state index contributed by atoms with van der Waals surface area (Å²) in [5.41, 5.74) is 8.11. The molecule has 1 unspecified atom stereocenters. The first kappa shape index (κ1) is 14.3. The zero-order valence-corrected chi connectivity index (χ0v) is 11.6. The van der Waals surface area contributed by atoms with Gasteiger partial charge in [0.15, 0.2) is 0 Å². The van der Waals surface area contributed by atoms with Gasteiger partial charge in [0, 0.05) is 0 Å². The third-order valence-corrected chi connectivity index (χ3v) is 3.29. The van der Waals surface area contributed by atoms with Crippen LogP contribution in [0.5, 0.6) is 0 Å². The zero-order valence-electron chi connectivity index (χ0n) is 11.6. The Morgan fingerprint density at radius 1 is 1.05 bits per heavy atom. The van der Waals surface area contributed by atoms with Crippen molar-refractivity contribution in [3.63, 3.8) is 0 Å². The first-order valence-electron chi connectivity index (χ1n) is 6.81. The Kier molecular flexibility index (Phi) is 4.91. The van der Waals surface area contributed by atoms with E-state index in [1.165, 1.54) is 0 Å². The second-order valence-electron chi connectivity index (χ2n) is 4.94. The van der Waals surface area contributed by atoms with E-state index in [0.717, 1.165) is 11.1 Å². The Bertz CT molecular complexity index is 539. The van der Waals surface area contributed by atoms with Gasteiger partial charge in [-0.3, -0.25) is 4.79 Å². The van der Waals surface area contributed by atoms with E-state index in [0.29, 0.717) is 6.42 Å². The van der Waals surface area contributed by atoms with E-state index in [2.05, 4.69) is 5.32 Å². The summed E-state index contributed by atoms with van der Waals surface area (Å²) in [5, 5.41) is 2.95. The molecule has 3 heteroatoms. The van der Waals surface area contributed by atoms with Crippen LogP contribution in [-0.2, 0) is 11.2 Å². The fourth-order valence-corrected chi connectivity index (χ4v) is 2.11. The molecule has 0 saturated heterocycles. The molecule has 0 saturated carbocycles. The van der Waals surface area contributed by atoms with Crippen LogP contribution in [0.1, 0.15) is 24.1 Å². The largest absolute Gasteiger partial charge is 0.348 e. The van der Waals surface area contributed by atoms with Gasteiger partial charge in [0.25, 0.3) is 0 Å². The predicted octanol–water partition coefficient (Wildman–Crippen LogP) is 2.43. The molecule has 0 aliphatic rings. The van der Waals surface area contributed by atoms with Gasteiger partial charge in [0.2, 0.25) is 5.91 Å². The zero-order chi connectivity index (χ0) is 14.4. The number of rotatable bonds is 5. The van der Waals surface area contributed by atoms with Crippen molar-refractivity contribution in [2.75, 3.05) is 0 Å². The van der Waals surface area contributed by atoms with Crippen LogP contribution in [0.2, 0.25) is 0 Å².